The van der Waals surface area contributed by atoms with Gasteiger partial charge in [-0.1, -0.05) is 58.7 Å². The van der Waals surface area contributed by atoms with Crippen LogP contribution in [0.5, 0.6) is 0 Å². The first-order valence-electron chi connectivity index (χ1n) is 13.2. The van der Waals surface area contributed by atoms with Crippen molar-refractivity contribution in [1.82, 2.24) is 20.1 Å². The van der Waals surface area contributed by atoms with Crippen molar-refractivity contribution in [2.75, 3.05) is 5.32 Å². The van der Waals surface area contributed by atoms with Crippen molar-refractivity contribution >= 4 is 23.6 Å². The SMILES string of the molecule is CCCC[C@H](NC(=O)O[C@H](Cn1ccc(-c2ccc(C(F)(F)F)cc2)n1)C(C)(C)C)C(=O)C(=O)Nc1ccccn1. The third-order valence-electron chi connectivity index (χ3n) is 6.30. The van der Waals surface area contributed by atoms with Crippen LogP contribution >= 0.6 is 0 Å². The van der Waals surface area contributed by atoms with Crippen molar-refractivity contribution in [3.63, 3.8) is 0 Å². The van der Waals surface area contributed by atoms with Crippen LogP contribution in [0.1, 0.15) is 52.5 Å². The summed E-state index contributed by atoms with van der Waals surface area (Å²) < 4.78 is 45.9. The molecule has 2 N–H and O–H groups in total. The first-order chi connectivity index (χ1) is 19.3. The van der Waals surface area contributed by atoms with Crippen LogP contribution in [-0.2, 0) is 27.0 Å². The molecule has 0 saturated carbocycles. The second-order valence-corrected chi connectivity index (χ2v) is 10.6. The highest BCUT2D eigenvalue weighted by Crippen LogP contribution is 2.31. The highest BCUT2D eigenvalue weighted by molar-refractivity contribution is 6.42. The van der Waals surface area contributed by atoms with Gasteiger partial charge in [-0.25, -0.2) is 9.78 Å². The lowest BCUT2D eigenvalue weighted by Crippen LogP contribution is -2.48. The van der Waals surface area contributed by atoms with E-state index in [1.54, 1.807) is 30.5 Å². The monoisotopic (exact) mass is 573 g/mol. The van der Waals surface area contributed by atoms with E-state index in [0.29, 0.717) is 17.7 Å². The van der Waals surface area contributed by atoms with E-state index >= 15 is 0 Å². The maximum atomic E-state index is 12.9. The fraction of sp³-hybridized carbons (Fsp3) is 0.414. The maximum absolute atomic E-state index is 12.9. The minimum atomic E-state index is -4.43. The third kappa shape index (κ3) is 9.16. The molecule has 0 aliphatic rings. The lowest BCUT2D eigenvalue weighted by molar-refractivity contribution is -0.137. The number of amides is 2. The minimum absolute atomic E-state index is 0.144. The van der Waals surface area contributed by atoms with Crippen LogP contribution < -0.4 is 10.6 Å². The number of benzene rings is 1. The van der Waals surface area contributed by atoms with Crippen molar-refractivity contribution in [2.24, 2.45) is 5.41 Å². The van der Waals surface area contributed by atoms with E-state index in [9.17, 15) is 27.6 Å². The summed E-state index contributed by atoms with van der Waals surface area (Å²) in [5, 5.41) is 9.41. The number of ketones is 1. The quantitative estimate of drug-likeness (QED) is 0.277. The molecule has 12 heteroatoms. The van der Waals surface area contributed by atoms with Gasteiger partial charge in [-0.2, -0.15) is 18.3 Å². The molecule has 0 radical (unpaired) electrons. The van der Waals surface area contributed by atoms with E-state index in [0.717, 1.165) is 18.6 Å². The molecule has 9 nitrogen and oxygen atoms in total. The minimum Gasteiger partial charge on any atom is -0.444 e. The lowest BCUT2D eigenvalue weighted by atomic mass is 9.89. The summed E-state index contributed by atoms with van der Waals surface area (Å²) in [6.07, 6.45) is -1.29. The summed E-state index contributed by atoms with van der Waals surface area (Å²) in [5.74, 6) is -1.50. The molecule has 3 aromatic rings. The molecule has 2 aromatic heterocycles. The average Bonchev–Trinajstić information content (AvgIpc) is 3.38. The number of halogens is 3. The molecule has 0 fully saturated rings. The number of alkyl halides is 3. The Bertz CT molecular complexity index is 1320. The first-order valence-corrected chi connectivity index (χ1v) is 13.2. The van der Waals surface area contributed by atoms with Gasteiger partial charge in [0.1, 0.15) is 18.0 Å². The van der Waals surface area contributed by atoms with Gasteiger partial charge >= 0.3 is 12.3 Å². The maximum Gasteiger partial charge on any atom is 0.416 e. The van der Waals surface area contributed by atoms with Crippen molar-refractivity contribution in [2.45, 2.75) is 71.8 Å². The molecular weight excluding hydrogens is 539 g/mol. The molecule has 220 valence electrons. The van der Waals surface area contributed by atoms with Crippen molar-refractivity contribution in [3.8, 4) is 11.3 Å². The summed E-state index contributed by atoms with van der Waals surface area (Å²) in [4.78, 5) is 42.3. The van der Waals surface area contributed by atoms with Gasteiger partial charge in [-0.05, 0) is 36.8 Å². The number of Topliss-reactive ketones (excluding diaryl/α,β-unsaturated/α-hetero) is 1. The van der Waals surface area contributed by atoms with Crippen LogP contribution in [0.25, 0.3) is 11.3 Å². The number of nitrogens with zero attached hydrogens (tertiary/aromatic N) is 3. The molecule has 41 heavy (non-hydrogen) atoms. The average molecular weight is 574 g/mol. The fourth-order valence-corrected chi connectivity index (χ4v) is 3.86. The van der Waals surface area contributed by atoms with Crippen molar-refractivity contribution < 1.29 is 32.3 Å². The number of unbranched alkanes of at least 4 members (excludes halogenated alkanes) is 1. The van der Waals surface area contributed by atoms with E-state index in [2.05, 4.69) is 20.7 Å². The number of hydrogen-bond donors (Lipinski definition) is 2. The molecule has 1 aromatic carbocycles. The van der Waals surface area contributed by atoms with Gasteiger partial charge in [0.25, 0.3) is 5.91 Å². The normalized spacial score (nSPS) is 13.2. The van der Waals surface area contributed by atoms with Crippen LogP contribution in [0.15, 0.2) is 60.9 Å². The number of aromatic nitrogens is 3. The molecular formula is C29H34F3N5O4. The molecule has 0 bridgehead atoms. The first kappa shape index (κ1) is 31.3. The molecule has 0 saturated heterocycles. The Balaban J connectivity index is 1.68. The topological polar surface area (TPSA) is 115 Å². The van der Waals surface area contributed by atoms with E-state index in [1.807, 2.05) is 27.7 Å². The molecule has 3 rings (SSSR count). The zero-order chi connectivity index (χ0) is 30.2. The highest BCUT2D eigenvalue weighted by atomic mass is 19.4. The Morgan fingerprint density at radius 3 is 2.32 bits per heavy atom. The number of nitrogens with one attached hydrogen (secondary N) is 2. The van der Waals surface area contributed by atoms with Crippen LogP contribution in [0.2, 0.25) is 0 Å². The zero-order valence-corrected chi connectivity index (χ0v) is 23.4. The van der Waals surface area contributed by atoms with Crippen LogP contribution in [-0.4, -0.2) is 44.7 Å². The highest BCUT2D eigenvalue weighted by Gasteiger charge is 2.33. The van der Waals surface area contributed by atoms with Crippen molar-refractivity contribution in [3.05, 3.63) is 66.5 Å². The molecule has 2 amide bonds. The number of hydrogen-bond acceptors (Lipinski definition) is 6. The second kappa shape index (κ2) is 13.4. The number of ether oxygens (including phenoxy) is 1. The Kier molecular flexibility index (Phi) is 10.3. The van der Waals surface area contributed by atoms with E-state index in [4.69, 9.17) is 4.74 Å². The van der Waals surface area contributed by atoms with Crippen LogP contribution in [0.4, 0.5) is 23.8 Å². The van der Waals surface area contributed by atoms with E-state index < -0.39 is 47.1 Å². The predicted molar refractivity (Wildman–Crippen MR) is 147 cm³/mol. The Morgan fingerprint density at radius 2 is 1.73 bits per heavy atom. The van der Waals surface area contributed by atoms with Gasteiger partial charge in [0.15, 0.2) is 0 Å². The molecule has 0 aliphatic heterocycles. The molecule has 2 heterocycles. The second-order valence-electron chi connectivity index (χ2n) is 10.6. The van der Waals surface area contributed by atoms with E-state index in [1.165, 1.54) is 23.0 Å². The number of carbonyl (C=O) groups is 3. The molecule has 2 atom stereocenters. The number of carbonyl (C=O) groups excluding carboxylic acids is 3. The summed E-state index contributed by atoms with van der Waals surface area (Å²) in [6, 6.07) is 10.1. The zero-order valence-electron chi connectivity index (χ0n) is 23.4. The summed E-state index contributed by atoms with van der Waals surface area (Å²) >= 11 is 0. The van der Waals surface area contributed by atoms with Gasteiger partial charge in [0.2, 0.25) is 5.78 Å². The largest absolute Gasteiger partial charge is 0.444 e. The van der Waals surface area contributed by atoms with Crippen LogP contribution in [0.3, 0.4) is 0 Å². The molecule has 0 spiro atoms. The molecule has 0 unspecified atom stereocenters. The number of rotatable bonds is 11. The fourth-order valence-electron chi connectivity index (χ4n) is 3.86. The van der Waals surface area contributed by atoms with Gasteiger partial charge in [0.05, 0.1) is 17.8 Å². The standard InChI is InChI=1S/C29H34F3N5O4/c1-5-6-9-22(25(38)26(39)35-24-10-7-8-16-33-24)34-27(40)41-23(28(2,3)4)18-37-17-15-21(36-37)19-11-13-20(14-12-19)29(30,31)32/h7-8,10-17,22-23H,5-6,9,18H2,1-4H3,(H,34,40)(H,33,35,39)/t22-,23+/m0/s1. The van der Waals surface area contributed by atoms with Gasteiger partial charge in [-0.15, -0.1) is 0 Å². The predicted octanol–water partition coefficient (Wildman–Crippen LogP) is 5.87. The van der Waals surface area contributed by atoms with Crippen LogP contribution in [0, 0.1) is 5.41 Å². The number of anilines is 1. The van der Waals surface area contributed by atoms with Gasteiger partial charge in [0, 0.05) is 23.4 Å². The lowest BCUT2D eigenvalue weighted by Gasteiger charge is -2.30. The van der Waals surface area contributed by atoms with E-state index in [-0.39, 0.29) is 18.8 Å². The summed E-state index contributed by atoms with van der Waals surface area (Å²) in [6.45, 7) is 7.67. The molecule has 0 aliphatic carbocycles. The Morgan fingerprint density at radius 1 is 1.02 bits per heavy atom. The summed E-state index contributed by atoms with van der Waals surface area (Å²) in [7, 11) is 0. The summed E-state index contributed by atoms with van der Waals surface area (Å²) in [5.41, 5.74) is -0.335. The van der Waals surface area contributed by atoms with Gasteiger partial charge in [-0.3, -0.25) is 14.3 Å². The third-order valence-corrected chi connectivity index (χ3v) is 6.30. The smallest absolute Gasteiger partial charge is 0.416 e. The van der Waals surface area contributed by atoms with Gasteiger partial charge < -0.3 is 15.4 Å². The number of pyridine rings is 1. The number of alkyl carbamates (subject to hydrolysis) is 1. The van der Waals surface area contributed by atoms with Crippen molar-refractivity contribution in [1.29, 1.82) is 0 Å². The Labute approximate surface area is 236 Å². The Hall–Kier alpha value is -4.22.